The maximum atomic E-state index is 17.1. The molecule has 0 aliphatic carbocycles. The molecule has 3 aliphatic heterocycles. The van der Waals surface area contributed by atoms with Gasteiger partial charge in [0.05, 0.1) is 32.3 Å². The van der Waals surface area contributed by atoms with Crippen molar-refractivity contribution in [1.82, 2.24) is 55.0 Å². The number of carbonyl (C=O) groups excluding carboxylic acids is 5. The van der Waals surface area contributed by atoms with Gasteiger partial charge in [-0.15, -0.1) is 0 Å². The second-order valence-corrected chi connectivity index (χ2v) is 31.7. The first-order valence-electron chi connectivity index (χ1n) is 35.4. The SMILES string of the molecule is CCCCCCCCCCCCCC(=O)OC(CCCCCCCCCCC)CC(=O)N[C@H](C(=O)N[C@@H](CCCNC(N)=O)C(=O)Nc1ccc(CSP2(=O)OC[C@H]3O[C@@H](n4cnc5c(N)ncnc54)[C@H](F)[C@@H]3OP(=O)(O)OC[C@H]3O[C@@H](n4cnc5c(O)ncnc54)[C@H](F)[C@@H]3O2)cc1)C(C)C. The van der Waals surface area contributed by atoms with Gasteiger partial charge >= 0.3 is 26.6 Å². The van der Waals surface area contributed by atoms with Crippen LogP contribution in [0.15, 0.2) is 49.6 Å². The Bertz CT molecular complexity index is 3570. The number of halogens is 2. The fraction of sp³-hybridized carbons (Fsp3) is 0.682. The van der Waals surface area contributed by atoms with Crippen molar-refractivity contribution in [3.63, 3.8) is 0 Å². The van der Waals surface area contributed by atoms with Gasteiger partial charge in [-0.1, -0.05) is 155 Å². The number of alkyl halides is 2. The van der Waals surface area contributed by atoms with E-state index in [2.05, 4.69) is 65.0 Å². The van der Waals surface area contributed by atoms with Gasteiger partial charge in [0.15, 0.2) is 47.4 Å². The van der Waals surface area contributed by atoms with E-state index in [0.29, 0.717) is 29.8 Å². The lowest BCUT2D eigenvalue weighted by Crippen LogP contribution is -2.55. The van der Waals surface area contributed by atoms with Crippen molar-refractivity contribution in [3.8, 4) is 5.88 Å². The molecule has 30 nitrogen and oxygen atoms in total. The lowest BCUT2D eigenvalue weighted by molar-refractivity contribution is -0.151. The third kappa shape index (κ3) is 24.0. The summed E-state index contributed by atoms with van der Waals surface area (Å²) in [5.41, 5.74) is 11.9. The average molecular weight is 1480 g/mol. The normalized spacial score (nSPS) is 24.0. The van der Waals surface area contributed by atoms with Crippen molar-refractivity contribution in [2.24, 2.45) is 11.7 Å². The van der Waals surface area contributed by atoms with Crippen molar-refractivity contribution in [2.45, 2.75) is 261 Å². The van der Waals surface area contributed by atoms with Gasteiger partial charge < -0.3 is 56.9 Å². The Balaban J connectivity index is 0.925. The van der Waals surface area contributed by atoms with Crippen LogP contribution in [-0.4, -0.2) is 153 Å². The Morgan fingerprint density at radius 1 is 0.683 bits per heavy atom. The molecule has 5 aromatic rings. The molecule has 3 unspecified atom stereocenters. The van der Waals surface area contributed by atoms with Crippen molar-refractivity contribution >= 4 is 89.6 Å². The van der Waals surface area contributed by atoms with Crippen LogP contribution in [0.5, 0.6) is 5.88 Å². The summed E-state index contributed by atoms with van der Waals surface area (Å²) in [7, 11) is -5.29. The van der Waals surface area contributed by atoms with Gasteiger partial charge in [-0.05, 0) is 67.1 Å². The summed E-state index contributed by atoms with van der Waals surface area (Å²) in [6.45, 7) is 1.41. The zero-order chi connectivity index (χ0) is 72.5. The van der Waals surface area contributed by atoms with Crippen molar-refractivity contribution < 1.29 is 84.2 Å². The number of nitrogens with one attached hydrogen (secondary N) is 4. The number of unbranched alkanes of at least 4 members (excludes halogenated alkanes) is 18. The fourth-order valence-electron chi connectivity index (χ4n) is 12.4. The van der Waals surface area contributed by atoms with Crippen LogP contribution >= 0.6 is 26.0 Å². The van der Waals surface area contributed by atoms with Gasteiger partial charge in [-0.25, -0.2) is 47.6 Å². The second kappa shape index (κ2) is 39.9. The van der Waals surface area contributed by atoms with E-state index in [1.807, 2.05) is 0 Å². The smallest absolute Gasteiger partial charge is 0.472 e. The number of phosphoric acid groups is 1. The number of aromatic hydroxyl groups is 1. The van der Waals surface area contributed by atoms with E-state index in [9.17, 15) is 38.5 Å². The van der Waals surface area contributed by atoms with Gasteiger partial charge in [0, 0.05) is 24.4 Å². The minimum atomic E-state index is -5.29. The number of hydrogen-bond donors (Lipinski definition) is 8. The number of esters is 1. The molecule has 0 spiro atoms. The van der Waals surface area contributed by atoms with E-state index in [4.69, 9.17) is 43.8 Å². The molecule has 35 heteroatoms. The van der Waals surface area contributed by atoms with Crippen LogP contribution in [-0.2, 0) is 66.4 Å². The molecule has 5 amide bonds. The molecular weight excluding hydrogens is 1380 g/mol. The number of nitrogens with zero attached hydrogens (tertiary/aromatic N) is 8. The van der Waals surface area contributed by atoms with Crippen LogP contribution in [0.4, 0.5) is 25.1 Å². The number of amides is 5. The Kier molecular flexibility index (Phi) is 31.7. The Morgan fingerprint density at radius 3 is 1.82 bits per heavy atom. The molecule has 0 bridgehead atoms. The Morgan fingerprint density at radius 2 is 1.23 bits per heavy atom. The van der Waals surface area contributed by atoms with E-state index in [-0.39, 0.29) is 77.8 Å². The maximum absolute atomic E-state index is 17.1. The third-order valence-electron chi connectivity index (χ3n) is 17.9. The first-order valence-corrected chi connectivity index (χ1v) is 40.0. The second-order valence-electron chi connectivity index (χ2n) is 26.2. The van der Waals surface area contributed by atoms with Gasteiger partial charge in [0.1, 0.15) is 60.8 Å². The number of hydrogen-bond acceptors (Lipinski definition) is 23. The van der Waals surface area contributed by atoms with Crippen LogP contribution in [0.2, 0.25) is 0 Å². The molecule has 0 radical (unpaired) electrons. The summed E-state index contributed by atoms with van der Waals surface area (Å²) < 4.78 is 106. The van der Waals surface area contributed by atoms with Crippen LogP contribution in [0.3, 0.4) is 0 Å². The number of nitrogen functional groups attached to an aromatic ring is 1. The summed E-state index contributed by atoms with van der Waals surface area (Å²) >= 11 is 0.578. The highest BCUT2D eigenvalue weighted by Crippen LogP contribution is 2.65. The molecule has 0 saturated carbocycles. The van der Waals surface area contributed by atoms with Crippen molar-refractivity contribution in [2.75, 3.05) is 30.8 Å². The van der Waals surface area contributed by atoms with Gasteiger partial charge in [0.25, 0.3) is 0 Å². The predicted molar refractivity (Wildman–Crippen MR) is 373 cm³/mol. The van der Waals surface area contributed by atoms with Crippen LogP contribution in [0.25, 0.3) is 22.3 Å². The van der Waals surface area contributed by atoms with Crippen LogP contribution < -0.4 is 32.7 Å². The third-order valence-corrected chi connectivity index (χ3v) is 22.6. The number of phosphoric ester groups is 1. The van der Waals surface area contributed by atoms with Crippen LogP contribution in [0, 0.1) is 5.92 Å². The molecular formula is C66H100F2N14O16P2S. The zero-order valence-electron chi connectivity index (χ0n) is 58.0. The van der Waals surface area contributed by atoms with Crippen LogP contribution in [0.1, 0.15) is 206 Å². The van der Waals surface area contributed by atoms with E-state index in [0.717, 1.165) is 85.8 Å². The summed E-state index contributed by atoms with van der Waals surface area (Å²) in [4.78, 5) is 103. The highest BCUT2D eigenvalue weighted by Gasteiger charge is 2.55. The fourth-order valence-corrected chi connectivity index (χ4v) is 16.7. The molecule has 7 heterocycles. The summed E-state index contributed by atoms with van der Waals surface area (Å²) in [5.74, 6) is -3.38. The first kappa shape index (κ1) is 80.2. The minimum absolute atomic E-state index is 0.0160. The lowest BCUT2D eigenvalue weighted by atomic mass is 10.0. The number of imidazole rings is 2. The topological polar surface area (TPSA) is 412 Å². The molecule has 560 valence electrons. The summed E-state index contributed by atoms with van der Waals surface area (Å²) in [6, 6.07) is 3.05. The number of benzene rings is 1. The summed E-state index contributed by atoms with van der Waals surface area (Å²) in [5, 5.41) is 21.3. The molecule has 8 rings (SSSR count). The lowest BCUT2D eigenvalue weighted by Gasteiger charge is -2.29. The van der Waals surface area contributed by atoms with E-state index in [1.54, 1.807) is 26.0 Å². The molecule has 3 saturated heterocycles. The molecule has 13 atom stereocenters. The number of aromatic nitrogens is 8. The molecule has 101 heavy (non-hydrogen) atoms. The Hall–Kier alpha value is -6.54. The number of anilines is 2. The van der Waals surface area contributed by atoms with Crippen molar-refractivity contribution in [3.05, 3.63) is 55.1 Å². The molecule has 1 aromatic carbocycles. The number of carbonyl (C=O) groups is 5. The minimum Gasteiger partial charge on any atom is -0.492 e. The van der Waals surface area contributed by atoms with Gasteiger partial charge in [-0.3, -0.25) is 46.4 Å². The van der Waals surface area contributed by atoms with E-state index >= 15 is 13.3 Å². The Labute approximate surface area is 591 Å². The highest BCUT2D eigenvalue weighted by molar-refractivity contribution is 8.54. The first-order chi connectivity index (χ1) is 48.6. The zero-order valence-corrected chi connectivity index (χ0v) is 60.6. The van der Waals surface area contributed by atoms with Gasteiger partial charge in [0.2, 0.25) is 23.6 Å². The average Bonchev–Trinajstić information content (AvgIpc) is 1.62. The molecule has 4 aromatic heterocycles. The quantitative estimate of drug-likeness (QED) is 0.0103. The highest BCUT2D eigenvalue weighted by atomic mass is 32.7. The molecule has 3 fully saturated rings. The number of fused-ring (bicyclic) bond motifs is 4. The number of rotatable bonds is 40. The summed E-state index contributed by atoms with van der Waals surface area (Å²) in [6.07, 6.45) is 11.8. The largest absolute Gasteiger partial charge is 0.492 e. The number of nitrogens with two attached hydrogens (primary N) is 2. The van der Waals surface area contributed by atoms with E-state index in [1.165, 1.54) is 82.8 Å². The number of primary amides is 1. The predicted octanol–water partition coefficient (Wildman–Crippen LogP) is 11.3. The molecule has 10 N–H and O–H groups in total. The van der Waals surface area contributed by atoms with Gasteiger partial charge in [-0.2, -0.15) is 4.98 Å². The standard InChI is InChI=1S/C66H100F2N14O16P2S/c1-5-7-9-11-13-15-16-18-20-22-24-28-50(84)94-45(26-23-21-19-17-14-12-10-8-6-2)34-49(83)80-53(42(3)4)63(87)79-46(27-25-33-71-66(70)88)61(85)78-44-31-29-43(30-32-44)37-101-100(91)93-36-48-56(51(67)64(96-48)81-40-76-54-58(69)72-38-73-59(54)81)97-99(89,90)92-35-47-57(98-100)52(68)65(95-47)82-41-77-55-60(82)74-39-75-62(55)86/h29-32,38-42,45-48,51-53,56-57,64-65H,5-28,33-37H2,1-4H3,(H,78,85)(H,79,87)(H,80,83)(H,89,90)(H2,69,72,73)(H3,70,71,88)(H,74,75,86)/t45?,46-,47+,48+,51+,52+,53-,56+,57+,64+,65+,100?/m0/s1. The monoisotopic (exact) mass is 1480 g/mol. The maximum Gasteiger partial charge on any atom is 0.472 e. The number of urea groups is 1. The van der Waals surface area contributed by atoms with Crippen molar-refractivity contribution in [1.29, 1.82) is 0 Å². The van der Waals surface area contributed by atoms with E-state index < -0.39 is 131 Å². The molecule has 3 aliphatic rings. The number of ether oxygens (including phenoxy) is 3.